The van der Waals surface area contributed by atoms with Crippen molar-refractivity contribution < 1.29 is 8.78 Å². The number of hydrogen-bond donors (Lipinski definition) is 0. The Balaban J connectivity index is 0.000000363. The molecule has 2 aromatic rings. The van der Waals surface area contributed by atoms with Gasteiger partial charge in [0.15, 0.2) is 23.3 Å². The number of hydrogen-bond acceptors (Lipinski definition) is 4. The zero-order chi connectivity index (χ0) is 18.2. The first-order chi connectivity index (χ1) is 11.6. The molecule has 0 spiro atoms. The minimum atomic E-state index is -0.409. The molecular weight excluding hydrogens is 378 g/mol. The van der Waals surface area contributed by atoms with Crippen molar-refractivity contribution in [1.82, 2.24) is 19.9 Å². The zero-order valence-corrected chi connectivity index (χ0v) is 15.3. The van der Waals surface area contributed by atoms with Crippen LogP contribution in [0.15, 0.2) is 48.0 Å². The van der Waals surface area contributed by atoms with E-state index in [0.717, 1.165) is 24.8 Å². The van der Waals surface area contributed by atoms with Gasteiger partial charge in [-0.25, -0.2) is 28.7 Å². The maximum absolute atomic E-state index is 12.2. The van der Waals surface area contributed by atoms with E-state index >= 15 is 0 Å². The van der Waals surface area contributed by atoms with Gasteiger partial charge in [0, 0.05) is 0 Å². The van der Waals surface area contributed by atoms with Crippen LogP contribution in [0.4, 0.5) is 8.78 Å². The Morgan fingerprint density at radius 2 is 1.00 bits per heavy atom. The van der Waals surface area contributed by atoms with Gasteiger partial charge in [-0.1, -0.05) is 34.2 Å². The van der Waals surface area contributed by atoms with E-state index in [1.54, 1.807) is 24.3 Å². The van der Waals surface area contributed by atoms with Gasteiger partial charge in [0.1, 0.15) is 0 Å². The van der Waals surface area contributed by atoms with Crippen LogP contribution in [0.25, 0.3) is 12.2 Å². The molecule has 24 heavy (non-hydrogen) atoms. The molecule has 0 aromatic carbocycles. The molecule has 0 amide bonds. The third-order valence-corrected chi connectivity index (χ3v) is 2.57. The lowest BCUT2D eigenvalue weighted by atomic mass is 10.5. The van der Waals surface area contributed by atoms with Crippen LogP contribution in [-0.4, -0.2) is 19.9 Å². The molecule has 2 aromatic heterocycles. The third-order valence-electron chi connectivity index (χ3n) is 2.04. The van der Waals surface area contributed by atoms with Crippen molar-refractivity contribution in [3.8, 4) is 0 Å². The third kappa shape index (κ3) is 11.3. The Hall–Kier alpha value is -2.28. The van der Waals surface area contributed by atoms with Crippen molar-refractivity contribution in [2.24, 2.45) is 0 Å². The Morgan fingerprint density at radius 1 is 0.708 bits per heavy atom. The zero-order valence-electron chi connectivity index (χ0n) is 13.7. The van der Waals surface area contributed by atoms with E-state index in [2.05, 4.69) is 35.9 Å². The van der Waals surface area contributed by atoms with Crippen molar-refractivity contribution >= 4 is 28.1 Å². The topological polar surface area (TPSA) is 51.6 Å². The summed E-state index contributed by atoms with van der Waals surface area (Å²) >= 11 is 3.07. The summed E-state index contributed by atoms with van der Waals surface area (Å²) in [4.78, 5) is 16.6. The van der Waals surface area contributed by atoms with E-state index in [9.17, 15) is 8.78 Å². The molecule has 0 saturated heterocycles. The molecule has 0 N–H and O–H groups in total. The van der Waals surface area contributed by atoms with Gasteiger partial charge in [0.25, 0.3) is 0 Å². The largest absolute Gasteiger partial charge is 0.234 e. The van der Waals surface area contributed by atoms with Gasteiger partial charge in [-0.05, 0) is 37.9 Å². The molecule has 0 radical (unpaired) electrons. The predicted molar refractivity (Wildman–Crippen MR) is 97.1 cm³/mol. The molecule has 0 saturated carbocycles. The summed E-state index contributed by atoms with van der Waals surface area (Å²) < 4.78 is 24.4. The Bertz CT molecular complexity index is 581. The lowest BCUT2D eigenvalue weighted by molar-refractivity contribution is 0.612. The molecule has 4 nitrogen and oxygen atoms in total. The highest BCUT2D eigenvalue weighted by Crippen LogP contribution is 1.95. The summed E-state index contributed by atoms with van der Waals surface area (Å²) in [5, 5.41) is 0. The summed E-state index contributed by atoms with van der Waals surface area (Å²) in [5.41, 5.74) is 0. The van der Waals surface area contributed by atoms with Crippen LogP contribution in [0.3, 0.4) is 0 Å². The lowest BCUT2D eigenvalue weighted by Crippen LogP contribution is -1.86. The van der Waals surface area contributed by atoms with Crippen LogP contribution in [0, 0.1) is 11.6 Å². The molecule has 0 aliphatic rings. The Kier molecular flexibility index (Phi) is 13.0. The summed E-state index contributed by atoms with van der Waals surface area (Å²) in [7, 11) is 0. The van der Waals surface area contributed by atoms with Gasteiger partial charge < -0.3 is 0 Å². The van der Waals surface area contributed by atoms with Crippen LogP contribution in [-0.2, 0) is 0 Å². The average molecular weight is 397 g/mol. The second-order valence-electron chi connectivity index (χ2n) is 3.98. The second kappa shape index (κ2) is 14.3. The first kappa shape index (κ1) is 21.7. The van der Waals surface area contributed by atoms with Crippen LogP contribution in [0.2, 0.25) is 0 Å². The first-order valence-electron chi connectivity index (χ1n) is 6.99. The van der Waals surface area contributed by atoms with E-state index in [4.69, 9.17) is 0 Å². The van der Waals surface area contributed by atoms with Gasteiger partial charge in [0.2, 0.25) is 0 Å². The predicted octanol–water partition coefficient (Wildman–Crippen LogP) is 5.21. The van der Waals surface area contributed by atoms with Crippen LogP contribution < -0.4 is 0 Å². The van der Waals surface area contributed by atoms with Crippen molar-refractivity contribution in [3.63, 3.8) is 0 Å². The summed E-state index contributed by atoms with van der Waals surface area (Å²) in [6.45, 7) is 5.66. The number of halogens is 3. The number of rotatable bonds is 2. The van der Waals surface area contributed by atoms with Crippen LogP contribution >= 0.6 is 15.9 Å². The summed E-state index contributed by atoms with van der Waals surface area (Å²) in [6, 6.07) is 0. The minimum Gasteiger partial charge on any atom is -0.234 e. The second-order valence-corrected chi connectivity index (χ2v) is 4.51. The fourth-order valence-corrected chi connectivity index (χ4v) is 1.11. The number of aromatic nitrogens is 4. The molecule has 0 unspecified atom stereocenters. The van der Waals surface area contributed by atoms with E-state index in [1.807, 2.05) is 31.8 Å². The SMILES string of the molecule is C/C=C/c1ncc(F)cn1.C/C=C\c1ncc(F)cn1.CC=CBr. The van der Waals surface area contributed by atoms with Crippen molar-refractivity contribution in [2.45, 2.75) is 20.8 Å². The van der Waals surface area contributed by atoms with Crippen molar-refractivity contribution in [3.05, 3.63) is 71.3 Å². The lowest BCUT2D eigenvalue weighted by Gasteiger charge is -1.88. The van der Waals surface area contributed by atoms with Gasteiger partial charge >= 0.3 is 0 Å². The first-order valence-corrected chi connectivity index (χ1v) is 7.90. The van der Waals surface area contributed by atoms with Gasteiger partial charge in [-0.15, -0.1) is 0 Å². The quantitative estimate of drug-likeness (QED) is 0.698. The van der Waals surface area contributed by atoms with Crippen LogP contribution in [0.5, 0.6) is 0 Å². The molecule has 128 valence electrons. The Labute approximate surface area is 149 Å². The molecule has 0 atom stereocenters. The average Bonchev–Trinajstić information content (AvgIpc) is 2.60. The molecule has 2 rings (SSSR count). The van der Waals surface area contributed by atoms with E-state index < -0.39 is 11.6 Å². The molecule has 7 heteroatoms. The molecule has 0 aliphatic carbocycles. The van der Waals surface area contributed by atoms with E-state index in [-0.39, 0.29) is 0 Å². The maximum Gasteiger partial charge on any atom is 0.159 e. The molecule has 0 fully saturated rings. The van der Waals surface area contributed by atoms with Gasteiger partial charge in [-0.3, -0.25) is 0 Å². The molecule has 2 heterocycles. The molecule has 0 aliphatic heterocycles. The summed E-state index contributed by atoms with van der Waals surface area (Å²) in [6.07, 6.45) is 13.5. The van der Waals surface area contributed by atoms with Crippen LogP contribution in [0.1, 0.15) is 32.4 Å². The number of allylic oxidation sites excluding steroid dienone is 3. The highest BCUT2D eigenvalue weighted by Gasteiger charge is 1.90. The van der Waals surface area contributed by atoms with Gasteiger partial charge in [-0.2, -0.15) is 0 Å². The smallest absolute Gasteiger partial charge is 0.159 e. The maximum atomic E-state index is 12.2. The number of nitrogens with zero attached hydrogens (tertiary/aromatic N) is 4. The summed E-state index contributed by atoms with van der Waals surface area (Å²) in [5.74, 6) is 0.245. The highest BCUT2D eigenvalue weighted by molar-refractivity contribution is 9.11. The normalized spacial score (nSPS) is 10.4. The Morgan fingerprint density at radius 3 is 1.21 bits per heavy atom. The fourth-order valence-electron chi connectivity index (χ4n) is 1.11. The molecular formula is C17H19BrF2N4. The minimum absolute atomic E-state index is 0.409. The highest BCUT2D eigenvalue weighted by atomic mass is 79.9. The fraction of sp³-hybridized carbons (Fsp3) is 0.176. The van der Waals surface area contributed by atoms with Crippen molar-refractivity contribution in [2.75, 3.05) is 0 Å². The van der Waals surface area contributed by atoms with Crippen molar-refractivity contribution in [1.29, 1.82) is 0 Å². The van der Waals surface area contributed by atoms with Gasteiger partial charge in [0.05, 0.1) is 24.8 Å². The van der Waals surface area contributed by atoms with E-state index in [0.29, 0.717) is 11.6 Å². The van der Waals surface area contributed by atoms with E-state index in [1.165, 1.54) is 0 Å². The standard InChI is InChI=1S/2C7H7FN2.C3H5Br/c2*1-2-3-7-9-4-6(8)5-10-7;1-2-3-4/h2*2-5H,1H3;2-3H,1H3/b3-2+;3-2-;. The molecule has 0 bridgehead atoms. The monoisotopic (exact) mass is 396 g/mol.